The molecule has 1 amide bonds. The minimum Gasteiger partial charge on any atom is -0.393 e. The van der Waals surface area contributed by atoms with Crippen molar-refractivity contribution in [1.82, 2.24) is 20.4 Å². The number of aliphatic hydroxyl groups is 1. The minimum atomic E-state index is -0.0117. The maximum atomic E-state index is 11.4. The molecule has 2 aromatic heterocycles. The number of aromatic amines is 1. The number of nitrogens with zero attached hydrogens (tertiary/aromatic N) is 2. The molecule has 162 valence electrons. The van der Waals surface area contributed by atoms with Crippen LogP contribution in [-0.2, 0) is 4.79 Å². The maximum Gasteiger partial charge on any atom is 0.220 e. The molecule has 3 N–H and O–H groups in total. The fourth-order valence-electron chi connectivity index (χ4n) is 3.97. The lowest BCUT2D eigenvalue weighted by Gasteiger charge is -2.04. The van der Waals surface area contributed by atoms with E-state index in [1.54, 1.807) is 0 Å². The second-order valence-corrected chi connectivity index (χ2v) is 7.65. The highest BCUT2D eigenvalue weighted by atomic mass is 16.5. The second kappa shape index (κ2) is 9.89. The molecule has 0 spiro atoms. The van der Waals surface area contributed by atoms with Crippen LogP contribution in [0.5, 0.6) is 0 Å². The Hall–Kier alpha value is -2.67. The number of hydrogen-bond acceptors (Lipinski definition) is 5. The molecule has 3 aromatic rings. The third-order valence-electron chi connectivity index (χ3n) is 5.47. The van der Waals surface area contributed by atoms with Gasteiger partial charge in [-0.1, -0.05) is 37.9 Å². The molecular formula is C23H32N4O3. The molecule has 2 aliphatic rings. The molecule has 5 rings (SSSR count). The maximum absolute atomic E-state index is 11.4. The van der Waals surface area contributed by atoms with Gasteiger partial charge in [0.2, 0.25) is 5.91 Å². The van der Waals surface area contributed by atoms with Gasteiger partial charge in [0.05, 0.1) is 28.9 Å². The van der Waals surface area contributed by atoms with Crippen molar-refractivity contribution in [3.05, 3.63) is 35.5 Å². The first-order valence-electron chi connectivity index (χ1n) is 10.9. The Balaban J connectivity index is 0.000000273. The standard InChI is InChI=1S/C16H16N4O2.C5H10O.C2H6/c1-8-15(9(2)22-20-8)10-3-4-11-13(7-10)19-16(18-11)12-5-6-14(21)17-12;6-5-3-1-2-4-5;1-2/h3-4,7,12H,5-6H2,1-2H3,(H,17,21)(H,18,19);5-6H,1-4H2;1-2H3/t12-;;/m0../s1. The van der Waals surface area contributed by atoms with Gasteiger partial charge in [-0.05, 0) is 50.8 Å². The number of H-pyrrole nitrogens is 1. The van der Waals surface area contributed by atoms with E-state index in [1.807, 2.05) is 39.8 Å². The van der Waals surface area contributed by atoms with Crippen LogP contribution in [0.4, 0.5) is 0 Å². The molecule has 7 nitrogen and oxygen atoms in total. The predicted octanol–water partition coefficient (Wildman–Crippen LogP) is 4.73. The molecule has 1 atom stereocenters. The van der Waals surface area contributed by atoms with Crippen molar-refractivity contribution in [2.24, 2.45) is 0 Å². The van der Waals surface area contributed by atoms with Crippen molar-refractivity contribution in [3.63, 3.8) is 0 Å². The van der Waals surface area contributed by atoms with Gasteiger partial charge in [0.1, 0.15) is 11.6 Å². The third kappa shape index (κ3) is 4.90. The number of aliphatic hydroxyl groups excluding tert-OH is 1. The fraction of sp³-hybridized carbons (Fsp3) is 0.522. The van der Waals surface area contributed by atoms with Crippen molar-refractivity contribution in [1.29, 1.82) is 0 Å². The van der Waals surface area contributed by atoms with Gasteiger partial charge in [0, 0.05) is 12.0 Å². The Morgan fingerprint density at radius 2 is 1.87 bits per heavy atom. The zero-order valence-corrected chi connectivity index (χ0v) is 18.3. The summed E-state index contributed by atoms with van der Waals surface area (Å²) in [6.07, 6.45) is 5.95. The molecule has 30 heavy (non-hydrogen) atoms. The molecule has 1 saturated heterocycles. The average Bonchev–Trinajstić information content (AvgIpc) is 3.52. The van der Waals surface area contributed by atoms with E-state index in [0.29, 0.717) is 6.42 Å². The summed E-state index contributed by atoms with van der Waals surface area (Å²) in [7, 11) is 0. The van der Waals surface area contributed by atoms with Gasteiger partial charge in [-0.15, -0.1) is 0 Å². The summed E-state index contributed by atoms with van der Waals surface area (Å²) in [4.78, 5) is 19.3. The first kappa shape index (κ1) is 22.0. The lowest BCUT2D eigenvalue weighted by molar-refractivity contribution is -0.119. The molecule has 2 fully saturated rings. The van der Waals surface area contributed by atoms with Crippen molar-refractivity contribution >= 4 is 16.9 Å². The number of carbonyl (C=O) groups excluding carboxylic acids is 1. The number of carbonyl (C=O) groups is 1. The summed E-state index contributed by atoms with van der Waals surface area (Å²) in [5.41, 5.74) is 4.79. The highest BCUT2D eigenvalue weighted by Gasteiger charge is 2.25. The minimum absolute atomic E-state index is 0.0117. The highest BCUT2D eigenvalue weighted by molar-refractivity contribution is 5.83. The lowest BCUT2D eigenvalue weighted by atomic mass is 10.0. The zero-order chi connectivity index (χ0) is 21.7. The Bertz CT molecular complexity index is 966. The van der Waals surface area contributed by atoms with E-state index in [-0.39, 0.29) is 18.1 Å². The van der Waals surface area contributed by atoms with E-state index in [9.17, 15) is 4.79 Å². The molecule has 0 bridgehead atoms. The van der Waals surface area contributed by atoms with Crippen LogP contribution in [0, 0.1) is 13.8 Å². The summed E-state index contributed by atoms with van der Waals surface area (Å²) >= 11 is 0. The normalized spacial score (nSPS) is 18.6. The largest absolute Gasteiger partial charge is 0.393 e. The van der Waals surface area contributed by atoms with E-state index in [0.717, 1.165) is 58.7 Å². The molecule has 0 radical (unpaired) electrons. The van der Waals surface area contributed by atoms with Crippen LogP contribution >= 0.6 is 0 Å². The van der Waals surface area contributed by atoms with Gasteiger partial charge in [0.25, 0.3) is 0 Å². The van der Waals surface area contributed by atoms with Gasteiger partial charge in [0.15, 0.2) is 0 Å². The van der Waals surface area contributed by atoms with Gasteiger partial charge < -0.3 is 19.9 Å². The van der Waals surface area contributed by atoms with Gasteiger partial charge in [-0.25, -0.2) is 4.98 Å². The second-order valence-electron chi connectivity index (χ2n) is 7.65. The van der Waals surface area contributed by atoms with Crippen LogP contribution in [0.15, 0.2) is 22.7 Å². The van der Waals surface area contributed by atoms with Crippen LogP contribution in [0.2, 0.25) is 0 Å². The summed E-state index contributed by atoms with van der Waals surface area (Å²) in [6.45, 7) is 7.84. The number of amides is 1. The molecular weight excluding hydrogens is 380 g/mol. The molecule has 7 heteroatoms. The van der Waals surface area contributed by atoms with E-state index in [2.05, 4.69) is 26.5 Å². The molecule has 1 aromatic carbocycles. The lowest BCUT2D eigenvalue weighted by Crippen LogP contribution is -2.19. The smallest absolute Gasteiger partial charge is 0.220 e. The van der Waals surface area contributed by atoms with Crippen LogP contribution in [0.1, 0.15) is 75.7 Å². The Morgan fingerprint density at radius 3 is 2.40 bits per heavy atom. The molecule has 1 aliphatic carbocycles. The number of benzene rings is 1. The number of nitrogens with one attached hydrogen (secondary N) is 2. The van der Waals surface area contributed by atoms with Crippen LogP contribution in [0.25, 0.3) is 22.2 Å². The van der Waals surface area contributed by atoms with E-state index in [1.165, 1.54) is 12.8 Å². The van der Waals surface area contributed by atoms with Crippen LogP contribution in [-0.4, -0.2) is 32.2 Å². The van der Waals surface area contributed by atoms with Crippen LogP contribution in [0.3, 0.4) is 0 Å². The van der Waals surface area contributed by atoms with Crippen LogP contribution < -0.4 is 5.32 Å². The van der Waals surface area contributed by atoms with E-state index < -0.39 is 0 Å². The molecule has 1 saturated carbocycles. The number of rotatable bonds is 2. The van der Waals surface area contributed by atoms with E-state index >= 15 is 0 Å². The summed E-state index contributed by atoms with van der Waals surface area (Å²) in [6, 6.07) is 6.04. The van der Waals surface area contributed by atoms with Crippen molar-refractivity contribution in [3.8, 4) is 11.1 Å². The van der Waals surface area contributed by atoms with Gasteiger partial charge >= 0.3 is 0 Å². The zero-order valence-electron chi connectivity index (χ0n) is 18.3. The highest BCUT2D eigenvalue weighted by Crippen LogP contribution is 2.30. The number of aryl methyl sites for hydroxylation is 2. The van der Waals surface area contributed by atoms with Crippen molar-refractivity contribution in [2.45, 2.75) is 78.4 Å². The number of aromatic nitrogens is 3. The number of imidazole rings is 1. The predicted molar refractivity (Wildman–Crippen MR) is 117 cm³/mol. The number of hydrogen-bond donors (Lipinski definition) is 3. The van der Waals surface area contributed by atoms with E-state index in [4.69, 9.17) is 9.63 Å². The summed E-state index contributed by atoms with van der Waals surface area (Å²) in [5, 5.41) is 15.7. The first-order chi connectivity index (χ1) is 14.5. The molecule has 3 heterocycles. The third-order valence-corrected chi connectivity index (χ3v) is 5.47. The summed E-state index contributed by atoms with van der Waals surface area (Å²) < 4.78 is 5.24. The fourth-order valence-corrected chi connectivity index (χ4v) is 3.97. The number of fused-ring (bicyclic) bond motifs is 1. The first-order valence-corrected chi connectivity index (χ1v) is 10.9. The Kier molecular flexibility index (Phi) is 7.26. The topological polar surface area (TPSA) is 104 Å². The molecule has 0 unspecified atom stereocenters. The van der Waals surface area contributed by atoms with Gasteiger partial charge in [-0.3, -0.25) is 4.79 Å². The van der Waals surface area contributed by atoms with Crippen molar-refractivity contribution < 1.29 is 14.4 Å². The quantitative estimate of drug-likeness (QED) is 0.564. The van der Waals surface area contributed by atoms with Gasteiger partial charge in [-0.2, -0.15) is 0 Å². The van der Waals surface area contributed by atoms with Crippen molar-refractivity contribution in [2.75, 3.05) is 0 Å². The monoisotopic (exact) mass is 412 g/mol. The molecule has 1 aliphatic heterocycles. The average molecular weight is 413 g/mol. The Labute approximate surface area is 177 Å². The Morgan fingerprint density at radius 1 is 1.13 bits per heavy atom. The SMILES string of the molecule is CC.Cc1noc(C)c1-c1ccc2nc([C@@H]3CCC(=O)N3)[nH]c2c1.OC1CCCC1. The summed E-state index contributed by atoms with van der Waals surface area (Å²) in [5.74, 6) is 1.71.